The average Bonchev–Trinajstić information content (AvgIpc) is 2.94. The van der Waals surface area contributed by atoms with E-state index in [0.717, 1.165) is 12.0 Å². The lowest BCUT2D eigenvalue weighted by atomic mass is 10.1. The minimum Gasteiger partial charge on any atom is -0.445 e. The second-order valence-corrected chi connectivity index (χ2v) is 9.09. The Morgan fingerprint density at radius 1 is 1.03 bits per heavy atom. The Bertz CT molecular complexity index is 1490. The monoisotopic (exact) mass is 525 g/mol. The molecule has 1 aliphatic rings. The van der Waals surface area contributed by atoms with Gasteiger partial charge >= 0.3 is 6.09 Å². The predicted molar refractivity (Wildman–Crippen MR) is 147 cm³/mol. The van der Waals surface area contributed by atoms with Crippen LogP contribution >= 0.6 is 0 Å². The smallest absolute Gasteiger partial charge is 0.404 e. The van der Waals surface area contributed by atoms with E-state index in [1.807, 2.05) is 65.6 Å². The molecule has 5 N–H and O–H groups in total. The second-order valence-electron chi connectivity index (χ2n) is 9.09. The standard InChI is InChI=1S/C28H27N7O4/c29-24(36)23-15-31-28(34-13-7-12-21(17-34)39-27(30)38)33-25(23)32-19-14-22(18-8-3-1-4-9-18)26(37)35(16-19)20-10-5-2-6-11-20/h1-6,8-11,14-16,21H,7,12-13,17H2,(H2,29,36)(H2,30,38)(H,31,32,33)/t21-/m0/s1. The number of carbonyl (C=O) groups is 2. The van der Waals surface area contributed by atoms with E-state index in [2.05, 4.69) is 15.3 Å². The average molecular weight is 526 g/mol. The number of nitrogens with zero attached hydrogens (tertiary/aromatic N) is 4. The summed E-state index contributed by atoms with van der Waals surface area (Å²) in [7, 11) is 0. The Morgan fingerprint density at radius 2 is 1.74 bits per heavy atom. The van der Waals surface area contributed by atoms with Gasteiger partial charge in [-0.25, -0.2) is 9.78 Å². The minimum atomic E-state index is -0.836. The molecule has 2 amide bonds. The highest BCUT2D eigenvalue weighted by Gasteiger charge is 2.25. The Hall–Kier alpha value is -5.19. The van der Waals surface area contributed by atoms with Crippen molar-refractivity contribution in [2.75, 3.05) is 23.3 Å². The molecule has 39 heavy (non-hydrogen) atoms. The zero-order valence-electron chi connectivity index (χ0n) is 21.0. The number of carbonyl (C=O) groups excluding carboxylic acids is 2. The van der Waals surface area contributed by atoms with Gasteiger partial charge in [0.05, 0.1) is 12.2 Å². The second kappa shape index (κ2) is 11.1. The first-order valence-electron chi connectivity index (χ1n) is 12.4. The van der Waals surface area contributed by atoms with Crippen LogP contribution in [0.25, 0.3) is 16.8 Å². The van der Waals surface area contributed by atoms with Crippen molar-refractivity contribution in [3.05, 3.63) is 95.0 Å². The summed E-state index contributed by atoms with van der Waals surface area (Å²) in [6.45, 7) is 0.986. The van der Waals surface area contributed by atoms with Crippen LogP contribution in [0.4, 0.5) is 22.2 Å². The molecular formula is C28H27N7O4. The van der Waals surface area contributed by atoms with Crippen LogP contribution in [0.1, 0.15) is 23.2 Å². The van der Waals surface area contributed by atoms with Crippen LogP contribution in [0.5, 0.6) is 0 Å². The van der Waals surface area contributed by atoms with E-state index < -0.39 is 18.1 Å². The number of pyridine rings is 1. The first-order chi connectivity index (χ1) is 18.9. The fraction of sp³-hybridized carbons (Fsp3) is 0.179. The van der Waals surface area contributed by atoms with Gasteiger partial charge in [0.2, 0.25) is 5.95 Å². The summed E-state index contributed by atoms with van der Waals surface area (Å²) in [6, 6.07) is 20.2. The maximum Gasteiger partial charge on any atom is 0.404 e. The third-order valence-electron chi connectivity index (χ3n) is 6.38. The molecule has 2 aromatic carbocycles. The van der Waals surface area contributed by atoms with Gasteiger partial charge in [0.15, 0.2) is 0 Å². The van der Waals surface area contributed by atoms with Gasteiger partial charge in [0.1, 0.15) is 17.5 Å². The molecule has 2 aromatic heterocycles. The number of ether oxygens (including phenoxy) is 1. The topological polar surface area (TPSA) is 158 Å². The van der Waals surface area contributed by atoms with Gasteiger partial charge in [0.25, 0.3) is 11.5 Å². The maximum atomic E-state index is 13.5. The normalized spacial score (nSPS) is 15.0. The lowest BCUT2D eigenvalue weighted by Gasteiger charge is -2.32. The summed E-state index contributed by atoms with van der Waals surface area (Å²) in [5.74, 6) is -0.194. The third-order valence-corrected chi connectivity index (χ3v) is 6.38. The molecular weight excluding hydrogens is 498 g/mol. The Kier molecular flexibility index (Phi) is 7.21. The fourth-order valence-corrected chi connectivity index (χ4v) is 4.57. The number of para-hydroxylation sites is 1. The number of aromatic nitrogens is 3. The molecule has 11 nitrogen and oxygen atoms in total. The zero-order valence-corrected chi connectivity index (χ0v) is 21.0. The molecule has 5 rings (SSSR count). The van der Waals surface area contributed by atoms with Crippen molar-refractivity contribution in [1.29, 1.82) is 0 Å². The van der Waals surface area contributed by atoms with Crippen molar-refractivity contribution in [2.45, 2.75) is 18.9 Å². The highest BCUT2D eigenvalue weighted by molar-refractivity contribution is 5.98. The number of amides is 2. The first-order valence-corrected chi connectivity index (χ1v) is 12.4. The van der Waals surface area contributed by atoms with Crippen LogP contribution in [0.15, 0.2) is 83.9 Å². The van der Waals surface area contributed by atoms with Crippen molar-refractivity contribution < 1.29 is 14.3 Å². The molecule has 0 bridgehead atoms. The number of hydrogen-bond acceptors (Lipinski definition) is 8. The van der Waals surface area contributed by atoms with E-state index in [4.69, 9.17) is 16.2 Å². The first kappa shape index (κ1) is 25.5. The molecule has 1 saturated heterocycles. The van der Waals surface area contributed by atoms with Gasteiger partial charge in [-0.2, -0.15) is 4.98 Å². The molecule has 0 saturated carbocycles. The molecule has 0 radical (unpaired) electrons. The van der Waals surface area contributed by atoms with Crippen LogP contribution in [-0.2, 0) is 4.74 Å². The SMILES string of the molecule is NC(=O)O[C@H]1CCCN(c2ncc(C(N)=O)c(Nc3cc(-c4ccccc4)c(=O)n(-c4ccccc4)c3)n2)C1. The van der Waals surface area contributed by atoms with Crippen molar-refractivity contribution in [1.82, 2.24) is 14.5 Å². The number of primary amides is 2. The van der Waals surface area contributed by atoms with Crippen LogP contribution in [-0.4, -0.2) is 45.7 Å². The number of nitrogens with one attached hydrogen (secondary N) is 1. The molecule has 3 heterocycles. The van der Waals surface area contributed by atoms with Gasteiger partial charge in [-0.3, -0.25) is 14.2 Å². The summed E-state index contributed by atoms with van der Waals surface area (Å²) >= 11 is 0. The van der Waals surface area contributed by atoms with Crippen LogP contribution in [0.2, 0.25) is 0 Å². The fourth-order valence-electron chi connectivity index (χ4n) is 4.57. The molecule has 0 aliphatic carbocycles. The highest BCUT2D eigenvalue weighted by Crippen LogP contribution is 2.26. The maximum absolute atomic E-state index is 13.5. The molecule has 1 aliphatic heterocycles. The minimum absolute atomic E-state index is 0.0828. The summed E-state index contributed by atoms with van der Waals surface area (Å²) in [4.78, 5) is 47.8. The molecule has 1 atom stereocenters. The van der Waals surface area contributed by atoms with Gasteiger partial charge in [0, 0.05) is 30.2 Å². The lowest BCUT2D eigenvalue weighted by molar-refractivity contribution is 0.0959. The van der Waals surface area contributed by atoms with Crippen LogP contribution in [0, 0.1) is 0 Å². The number of anilines is 3. The largest absolute Gasteiger partial charge is 0.445 e. The van der Waals surface area contributed by atoms with E-state index in [-0.39, 0.29) is 16.9 Å². The van der Waals surface area contributed by atoms with Crippen molar-refractivity contribution in [3.63, 3.8) is 0 Å². The van der Waals surface area contributed by atoms with Gasteiger partial charge < -0.3 is 26.4 Å². The number of benzene rings is 2. The van der Waals surface area contributed by atoms with Gasteiger partial charge in [-0.15, -0.1) is 0 Å². The van der Waals surface area contributed by atoms with Crippen LogP contribution < -0.4 is 27.2 Å². The Labute approximate surface area is 224 Å². The Balaban J connectivity index is 1.56. The highest BCUT2D eigenvalue weighted by atomic mass is 16.6. The summed E-state index contributed by atoms with van der Waals surface area (Å²) in [5.41, 5.74) is 13.1. The van der Waals surface area contributed by atoms with Gasteiger partial charge in [-0.1, -0.05) is 48.5 Å². The number of piperidine rings is 1. The van der Waals surface area contributed by atoms with Crippen molar-refractivity contribution in [3.8, 4) is 16.8 Å². The van der Waals surface area contributed by atoms with Crippen molar-refractivity contribution in [2.24, 2.45) is 11.5 Å². The number of nitrogens with two attached hydrogens (primary N) is 2. The quantitative estimate of drug-likeness (QED) is 0.332. The van der Waals surface area contributed by atoms with E-state index in [0.29, 0.717) is 42.4 Å². The van der Waals surface area contributed by atoms with Crippen LogP contribution in [0.3, 0.4) is 0 Å². The molecule has 0 spiro atoms. The molecule has 1 fully saturated rings. The summed E-state index contributed by atoms with van der Waals surface area (Å²) in [5, 5.41) is 3.18. The zero-order chi connectivity index (χ0) is 27.4. The molecule has 198 valence electrons. The van der Waals surface area contributed by atoms with Crippen molar-refractivity contribution >= 4 is 29.5 Å². The molecule has 4 aromatic rings. The third kappa shape index (κ3) is 5.72. The summed E-state index contributed by atoms with van der Waals surface area (Å²) in [6.07, 6.45) is 3.19. The van der Waals surface area contributed by atoms with E-state index >= 15 is 0 Å². The predicted octanol–water partition coefficient (Wildman–Crippen LogP) is 3.20. The molecule has 0 unspecified atom stereocenters. The molecule has 11 heteroatoms. The Morgan fingerprint density at radius 3 is 2.44 bits per heavy atom. The number of rotatable bonds is 7. The van der Waals surface area contributed by atoms with Gasteiger partial charge in [-0.05, 0) is 36.6 Å². The van der Waals surface area contributed by atoms with E-state index in [1.54, 1.807) is 12.3 Å². The number of hydrogen-bond donors (Lipinski definition) is 3. The van der Waals surface area contributed by atoms with E-state index in [1.165, 1.54) is 10.8 Å². The lowest BCUT2D eigenvalue weighted by Crippen LogP contribution is -2.42. The summed E-state index contributed by atoms with van der Waals surface area (Å²) < 4.78 is 6.71. The van der Waals surface area contributed by atoms with E-state index in [9.17, 15) is 14.4 Å².